The molecule has 0 radical (unpaired) electrons. The summed E-state index contributed by atoms with van der Waals surface area (Å²) in [5, 5.41) is 0. The van der Waals surface area contributed by atoms with Crippen LogP contribution in [0.2, 0.25) is 0 Å². The number of aromatic nitrogens is 2. The highest BCUT2D eigenvalue weighted by molar-refractivity contribution is 5.82. The van der Waals surface area contributed by atoms with Crippen LogP contribution in [-0.2, 0) is 40.0 Å². The molecule has 0 fully saturated rings. The van der Waals surface area contributed by atoms with Crippen molar-refractivity contribution in [2.75, 3.05) is 27.4 Å². The zero-order valence-electron chi connectivity index (χ0n) is 18.5. The van der Waals surface area contributed by atoms with E-state index in [1.54, 1.807) is 25.3 Å². The van der Waals surface area contributed by atoms with Crippen LogP contribution in [0.1, 0.15) is 17.0 Å². The number of alkyl halides is 3. The van der Waals surface area contributed by atoms with Gasteiger partial charge in [-0.1, -0.05) is 12.1 Å². The number of halogens is 3. The first-order chi connectivity index (χ1) is 16.2. The molecule has 1 aliphatic heterocycles. The monoisotopic (exact) mass is 477 g/mol. The van der Waals surface area contributed by atoms with Gasteiger partial charge in [0.05, 0.1) is 25.3 Å². The normalized spacial score (nSPS) is 13.5. The molecule has 11 heteroatoms. The number of amides is 1. The standard InChI is InChI=1S/C23H22F3N3O5/c1-32-18-9-14-7-8-28(11-15(14)10-19(18)33-2)20(30)13-34-21(31)12-29-17-6-4-3-5-16(17)27-22(29)23(24,25)26/h3-6,9-10H,7-8,11-13H2,1-2H3. The Labute approximate surface area is 192 Å². The average Bonchev–Trinajstić information content (AvgIpc) is 3.20. The second-order valence-corrected chi connectivity index (χ2v) is 7.71. The third-order valence-corrected chi connectivity index (χ3v) is 5.62. The van der Waals surface area contributed by atoms with E-state index in [1.807, 2.05) is 6.07 Å². The topological polar surface area (TPSA) is 82.9 Å². The van der Waals surface area contributed by atoms with Crippen molar-refractivity contribution in [3.05, 3.63) is 53.3 Å². The van der Waals surface area contributed by atoms with E-state index in [2.05, 4.69) is 4.98 Å². The van der Waals surface area contributed by atoms with E-state index in [1.165, 1.54) is 24.1 Å². The van der Waals surface area contributed by atoms with Crippen LogP contribution in [-0.4, -0.2) is 53.7 Å². The Morgan fingerprint density at radius 3 is 2.41 bits per heavy atom. The number of carbonyl (C=O) groups excluding carboxylic acids is 2. The molecule has 34 heavy (non-hydrogen) atoms. The lowest BCUT2D eigenvalue weighted by Gasteiger charge is -2.29. The third kappa shape index (κ3) is 4.63. The average molecular weight is 477 g/mol. The Balaban J connectivity index is 1.41. The summed E-state index contributed by atoms with van der Waals surface area (Å²) in [6.07, 6.45) is -4.18. The molecule has 1 amide bonds. The molecule has 3 aromatic rings. The molecular weight excluding hydrogens is 455 g/mol. The largest absolute Gasteiger partial charge is 0.493 e. The van der Waals surface area contributed by atoms with Crippen molar-refractivity contribution in [3.8, 4) is 11.5 Å². The van der Waals surface area contributed by atoms with Crippen LogP contribution < -0.4 is 9.47 Å². The van der Waals surface area contributed by atoms with Gasteiger partial charge in [0.25, 0.3) is 5.91 Å². The maximum absolute atomic E-state index is 13.4. The summed E-state index contributed by atoms with van der Waals surface area (Å²) >= 11 is 0. The Morgan fingerprint density at radius 2 is 1.74 bits per heavy atom. The van der Waals surface area contributed by atoms with Gasteiger partial charge >= 0.3 is 12.1 Å². The first-order valence-electron chi connectivity index (χ1n) is 10.4. The molecule has 1 aromatic heterocycles. The minimum absolute atomic E-state index is 0.109. The predicted molar refractivity (Wildman–Crippen MR) is 114 cm³/mol. The van der Waals surface area contributed by atoms with E-state index >= 15 is 0 Å². The van der Waals surface area contributed by atoms with Crippen molar-refractivity contribution in [2.24, 2.45) is 0 Å². The first-order valence-corrected chi connectivity index (χ1v) is 10.4. The highest BCUT2D eigenvalue weighted by Gasteiger charge is 2.38. The summed E-state index contributed by atoms with van der Waals surface area (Å²) in [5.41, 5.74) is 2.15. The molecular formula is C23H22F3N3O5. The third-order valence-electron chi connectivity index (χ3n) is 5.62. The van der Waals surface area contributed by atoms with Crippen molar-refractivity contribution in [1.82, 2.24) is 14.5 Å². The molecule has 1 aliphatic rings. The summed E-state index contributed by atoms with van der Waals surface area (Å²) < 4.78 is 56.6. The van der Waals surface area contributed by atoms with Crippen LogP contribution in [0, 0.1) is 0 Å². The molecule has 0 N–H and O–H groups in total. The van der Waals surface area contributed by atoms with Crippen molar-refractivity contribution in [1.29, 1.82) is 0 Å². The summed E-state index contributed by atoms with van der Waals surface area (Å²) in [6, 6.07) is 9.62. The number of hydrogen-bond donors (Lipinski definition) is 0. The minimum Gasteiger partial charge on any atom is -0.493 e. The quantitative estimate of drug-likeness (QED) is 0.507. The second kappa shape index (κ2) is 9.24. The van der Waals surface area contributed by atoms with Gasteiger partial charge in [-0.15, -0.1) is 0 Å². The lowest BCUT2D eigenvalue weighted by molar-refractivity contribution is -0.155. The second-order valence-electron chi connectivity index (χ2n) is 7.71. The molecule has 0 atom stereocenters. The Morgan fingerprint density at radius 1 is 1.06 bits per heavy atom. The van der Waals surface area contributed by atoms with Gasteiger partial charge in [-0.25, -0.2) is 4.98 Å². The number of para-hydroxylation sites is 2. The highest BCUT2D eigenvalue weighted by atomic mass is 19.4. The molecule has 4 rings (SSSR count). The fraction of sp³-hybridized carbons (Fsp3) is 0.348. The predicted octanol–water partition coefficient (Wildman–Crippen LogP) is 3.20. The van der Waals surface area contributed by atoms with Crippen molar-refractivity contribution < 1.29 is 37.0 Å². The number of ether oxygens (including phenoxy) is 3. The van der Waals surface area contributed by atoms with Gasteiger partial charge in [-0.3, -0.25) is 9.59 Å². The van der Waals surface area contributed by atoms with Crippen molar-refractivity contribution in [3.63, 3.8) is 0 Å². The molecule has 2 aromatic carbocycles. The lowest BCUT2D eigenvalue weighted by atomic mass is 9.99. The zero-order valence-corrected chi connectivity index (χ0v) is 18.5. The molecule has 0 bridgehead atoms. The lowest BCUT2D eigenvalue weighted by Crippen LogP contribution is -2.38. The number of esters is 1. The van der Waals surface area contributed by atoms with Gasteiger partial charge in [0, 0.05) is 13.1 Å². The molecule has 0 aliphatic carbocycles. The van der Waals surface area contributed by atoms with Crippen molar-refractivity contribution >= 4 is 22.9 Å². The molecule has 0 saturated heterocycles. The van der Waals surface area contributed by atoms with E-state index < -0.39 is 37.0 Å². The number of methoxy groups -OCH3 is 2. The van der Waals surface area contributed by atoms with E-state index in [0.717, 1.165) is 15.7 Å². The SMILES string of the molecule is COc1cc2c(cc1OC)CN(C(=O)COC(=O)Cn1c(C(F)(F)F)nc3ccccc31)CC2. The van der Waals surface area contributed by atoms with Crippen LogP contribution in [0.15, 0.2) is 36.4 Å². The van der Waals surface area contributed by atoms with Crippen molar-refractivity contribution in [2.45, 2.75) is 25.7 Å². The molecule has 180 valence electrons. The van der Waals surface area contributed by atoms with Crippen LogP contribution in [0.4, 0.5) is 13.2 Å². The van der Waals surface area contributed by atoms with E-state index in [4.69, 9.17) is 14.2 Å². The Bertz CT molecular complexity index is 1240. The van der Waals surface area contributed by atoms with Gasteiger partial charge in [0.15, 0.2) is 18.1 Å². The summed E-state index contributed by atoms with van der Waals surface area (Å²) in [5.74, 6) is -1.48. The number of carbonyl (C=O) groups is 2. The Hall–Kier alpha value is -3.76. The van der Waals surface area contributed by atoms with E-state index in [0.29, 0.717) is 24.5 Å². The molecule has 0 unspecified atom stereocenters. The number of rotatable bonds is 6. The van der Waals surface area contributed by atoms with Gasteiger partial charge in [-0.05, 0) is 41.8 Å². The van der Waals surface area contributed by atoms with Crippen LogP contribution >= 0.6 is 0 Å². The van der Waals surface area contributed by atoms with Crippen LogP contribution in [0.25, 0.3) is 11.0 Å². The summed E-state index contributed by atoms with van der Waals surface area (Å²) in [6.45, 7) is -0.600. The van der Waals surface area contributed by atoms with E-state index in [9.17, 15) is 22.8 Å². The summed E-state index contributed by atoms with van der Waals surface area (Å²) in [7, 11) is 3.06. The number of hydrogen-bond acceptors (Lipinski definition) is 6. The number of benzene rings is 2. The molecule has 0 spiro atoms. The van der Waals surface area contributed by atoms with Gasteiger partial charge < -0.3 is 23.7 Å². The smallest absolute Gasteiger partial charge is 0.449 e. The van der Waals surface area contributed by atoms with E-state index in [-0.39, 0.29) is 17.6 Å². The fourth-order valence-corrected chi connectivity index (χ4v) is 3.96. The maximum atomic E-state index is 13.4. The zero-order chi connectivity index (χ0) is 24.5. The van der Waals surface area contributed by atoms with Crippen LogP contribution in [0.3, 0.4) is 0 Å². The van der Waals surface area contributed by atoms with Gasteiger partial charge in [0.2, 0.25) is 5.82 Å². The highest BCUT2D eigenvalue weighted by Crippen LogP contribution is 2.33. The minimum atomic E-state index is -4.75. The molecule has 0 saturated carbocycles. The maximum Gasteiger partial charge on any atom is 0.449 e. The number of fused-ring (bicyclic) bond motifs is 2. The Kier molecular flexibility index (Phi) is 6.36. The van der Waals surface area contributed by atoms with Crippen LogP contribution in [0.5, 0.6) is 11.5 Å². The summed E-state index contributed by atoms with van der Waals surface area (Å²) in [4.78, 5) is 30.1. The molecule has 2 heterocycles. The van der Waals surface area contributed by atoms with Gasteiger partial charge in [-0.2, -0.15) is 13.2 Å². The molecule has 8 nitrogen and oxygen atoms in total. The number of nitrogens with zero attached hydrogens (tertiary/aromatic N) is 3. The fourth-order valence-electron chi connectivity index (χ4n) is 3.96. The first kappa shape index (κ1) is 23.4. The van der Waals surface area contributed by atoms with Gasteiger partial charge in [0.1, 0.15) is 6.54 Å². The number of imidazole rings is 1.